The molecule has 1 aromatic rings. The number of piperidine rings is 1. The van der Waals surface area contributed by atoms with Gasteiger partial charge < -0.3 is 0 Å². The topological polar surface area (TPSA) is 37.4 Å². The lowest BCUT2D eigenvalue weighted by atomic mass is 9.94. The molecule has 0 spiro atoms. The highest BCUT2D eigenvalue weighted by molar-refractivity contribution is 7.89. The molecule has 0 N–H and O–H groups in total. The van der Waals surface area contributed by atoms with Crippen LogP contribution in [0, 0.1) is 32.6 Å². The van der Waals surface area contributed by atoms with Crippen molar-refractivity contribution in [3.8, 4) is 0 Å². The van der Waals surface area contributed by atoms with Gasteiger partial charge in [0.15, 0.2) is 0 Å². The first-order chi connectivity index (χ1) is 9.21. The summed E-state index contributed by atoms with van der Waals surface area (Å²) in [5, 5.41) is 0. The predicted octanol–water partition coefficient (Wildman–Crippen LogP) is 3.28. The summed E-state index contributed by atoms with van der Waals surface area (Å²) in [6.45, 7) is 11.3. The molecular formula is C16H25NO2S. The van der Waals surface area contributed by atoms with Gasteiger partial charge in [-0.3, -0.25) is 0 Å². The summed E-state index contributed by atoms with van der Waals surface area (Å²) in [7, 11) is -3.37. The summed E-state index contributed by atoms with van der Waals surface area (Å²) >= 11 is 0. The minimum atomic E-state index is -3.37. The molecule has 1 aliphatic rings. The molecule has 0 radical (unpaired) electrons. The van der Waals surface area contributed by atoms with E-state index in [1.807, 2.05) is 32.9 Å². The lowest BCUT2D eigenvalue weighted by Crippen LogP contribution is -2.42. The zero-order valence-electron chi connectivity index (χ0n) is 13.1. The molecule has 112 valence electrons. The standard InChI is InChI=1S/C16H25NO2S/c1-11-7-14(4)16(15(5)8-11)20(18,19)17-9-12(2)6-13(3)10-17/h7-8,12-13H,6,9-10H2,1-5H3. The van der Waals surface area contributed by atoms with Crippen LogP contribution in [-0.4, -0.2) is 25.8 Å². The molecule has 2 atom stereocenters. The minimum Gasteiger partial charge on any atom is -0.207 e. The third kappa shape index (κ3) is 2.91. The Bertz CT molecular complexity index is 574. The van der Waals surface area contributed by atoms with Gasteiger partial charge in [-0.25, -0.2) is 8.42 Å². The first kappa shape index (κ1) is 15.5. The van der Waals surface area contributed by atoms with Crippen LogP contribution in [0.3, 0.4) is 0 Å². The van der Waals surface area contributed by atoms with Gasteiger partial charge in [-0.1, -0.05) is 31.5 Å². The molecule has 2 rings (SSSR count). The van der Waals surface area contributed by atoms with Gasteiger partial charge in [-0.2, -0.15) is 4.31 Å². The average molecular weight is 295 g/mol. The van der Waals surface area contributed by atoms with Crippen LogP contribution in [0.5, 0.6) is 0 Å². The number of hydrogen-bond donors (Lipinski definition) is 0. The molecule has 0 saturated carbocycles. The summed E-state index contributed by atoms with van der Waals surface area (Å²) in [5.41, 5.74) is 2.82. The van der Waals surface area contributed by atoms with Crippen LogP contribution in [0.4, 0.5) is 0 Å². The van der Waals surface area contributed by atoms with Crippen molar-refractivity contribution in [1.29, 1.82) is 0 Å². The van der Waals surface area contributed by atoms with Crippen molar-refractivity contribution in [3.05, 3.63) is 28.8 Å². The second-order valence-electron chi connectivity index (χ2n) is 6.50. The summed E-state index contributed by atoms with van der Waals surface area (Å²) in [6, 6.07) is 3.91. The van der Waals surface area contributed by atoms with Crippen molar-refractivity contribution in [2.75, 3.05) is 13.1 Å². The molecule has 0 amide bonds. The molecule has 1 aliphatic heterocycles. The number of nitrogens with zero attached hydrogens (tertiary/aromatic N) is 1. The Balaban J connectivity index is 2.45. The van der Waals surface area contributed by atoms with Crippen molar-refractivity contribution in [3.63, 3.8) is 0 Å². The van der Waals surface area contributed by atoms with E-state index in [0.717, 1.165) is 23.1 Å². The molecule has 1 fully saturated rings. The molecule has 20 heavy (non-hydrogen) atoms. The molecule has 1 aromatic carbocycles. The number of rotatable bonds is 2. The van der Waals surface area contributed by atoms with Crippen LogP contribution in [0.1, 0.15) is 37.0 Å². The second kappa shape index (κ2) is 5.49. The van der Waals surface area contributed by atoms with Gasteiger partial charge in [0.1, 0.15) is 0 Å². The zero-order valence-corrected chi connectivity index (χ0v) is 13.9. The first-order valence-electron chi connectivity index (χ1n) is 7.29. The maximum absolute atomic E-state index is 13.0. The van der Waals surface area contributed by atoms with E-state index in [4.69, 9.17) is 0 Å². The maximum Gasteiger partial charge on any atom is 0.243 e. The molecule has 0 aliphatic carbocycles. The van der Waals surface area contributed by atoms with Crippen molar-refractivity contribution in [2.45, 2.75) is 45.9 Å². The Kier molecular flexibility index (Phi) is 4.26. The van der Waals surface area contributed by atoms with E-state index in [9.17, 15) is 8.42 Å². The van der Waals surface area contributed by atoms with E-state index in [2.05, 4.69) is 13.8 Å². The molecule has 1 saturated heterocycles. The Labute approximate surface area is 123 Å². The van der Waals surface area contributed by atoms with E-state index in [1.54, 1.807) is 4.31 Å². The molecule has 1 heterocycles. The van der Waals surface area contributed by atoms with Crippen LogP contribution in [0.25, 0.3) is 0 Å². The lowest BCUT2D eigenvalue weighted by Gasteiger charge is -2.34. The van der Waals surface area contributed by atoms with Crippen molar-refractivity contribution in [2.24, 2.45) is 11.8 Å². The summed E-state index contributed by atoms with van der Waals surface area (Å²) in [4.78, 5) is 0.504. The van der Waals surface area contributed by atoms with E-state index in [-0.39, 0.29) is 0 Å². The second-order valence-corrected chi connectivity index (χ2v) is 8.37. The fourth-order valence-corrected chi connectivity index (χ4v) is 5.60. The fraction of sp³-hybridized carbons (Fsp3) is 0.625. The maximum atomic E-state index is 13.0. The highest BCUT2D eigenvalue weighted by atomic mass is 32.2. The third-order valence-corrected chi connectivity index (χ3v) is 6.18. The van der Waals surface area contributed by atoms with E-state index < -0.39 is 10.0 Å². The largest absolute Gasteiger partial charge is 0.243 e. The fourth-order valence-electron chi connectivity index (χ4n) is 3.50. The lowest BCUT2D eigenvalue weighted by molar-refractivity contribution is 0.222. The third-order valence-electron chi connectivity index (χ3n) is 4.04. The van der Waals surface area contributed by atoms with Crippen LogP contribution < -0.4 is 0 Å². The van der Waals surface area contributed by atoms with Gasteiger partial charge in [-0.15, -0.1) is 0 Å². The highest BCUT2D eigenvalue weighted by Crippen LogP contribution is 2.30. The van der Waals surface area contributed by atoms with Crippen LogP contribution in [0.15, 0.2) is 17.0 Å². The van der Waals surface area contributed by atoms with E-state index in [1.165, 1.54) is 0 Å². The molecular weight excluding hydrogens is 270 g/mol. The number of sulfonamides is 1. The Morgan fingerprint density at radius 2 is 1.45 bits per heavy atom. The highest BCUT2D eigenvalue weighted by Gasteiger charge is 2.33. The Hall–Kier alpha value is -0.870. The van der Waals surface area contributed by atoms with Crippen LogP contribution in [0.2, 0.25) is 0 Å². The average Bonchev–Trinajstić information content (AvgIpc) is 2.25. The number of aryl methyl sites for hydroxylation is 3. The van der Waals surface area contributed by atoms with Gasteiger partial charge in [0.25, 0.3) is 0 Å². The Morgan fingerprint density at radius 1 is 1.00 bits per heavy atom. The molecule has 3 nitrogen and oxygen atoms in total. The Morgan fingerprint density at radius 3 is 1.90 bits per heavy atom. The monoisotopic (exact) mass is 295 g/mol. The van der Waals surface area contributed by atoms with Gasteiger partial charge in [0.2, 0.25) is 10.0 Å². The normalized spacial score (nSPS) is 24.9. The molecule has 0 bridgehead atoms. The smallest absolute Gasteiger partial charge is 0.207 e. The first-order valence-corrected chi connectivity index (χ1v) is 8.73. The predicted molar refractivity (Wildman–Crippen MR) is 82.4 cm³/mol. The van der Waals surface area contributed by atoms with Crippen molar-refractivity contribution in [1.82, 2.24) is 4.31 Å². The van der Waals surface area contributed by atoms with Crippen LogP contribution >= 0.6 is 0 Å². The van der Waals surface area contributed by atoms with E-state index >= 15 is 0 Å². The van der Waals surface area contributed by atoms with E-state index in [0.29, 0.717) is 29.8 Å². The van der Waals surface area contributed by atoms with Gasteiger partial charge in [0, 0.05) is 13.1 Å². The van der Waals surface area contributed by atoms with Crippen molar-refractivity contribution >= 4 is 10.0 Å². The van der Waals surface area contributed by atoms with Gasteiger partial charge in [0.05, 0.1) is 4.90 Å². The quantitative estimate of drug-likeness (QED) is 0.839. The molecule has 4 heteroatoms. The number of hydrogen-bond acceptors (Lipinski definition) is 2. The molecule has 0 aromatic heterocycles. The summed E-state index contributed by atoms with van der Waals surface area (Å²) in [6.07, 6.45) is 1.11. The minimum absolute atomic E-state index is 0.430. The van der Waals surface area contributed by atoms with Crippen molar-refractivity contribution < 1.29 is 8.42 Å². The van der Waals surface area contributed by atoms with Gasteiger partial charge >= 0.3 is 0 Å². The van der Waals surface area contributed by atoms with Crippen LogP contribution in [-0.2, 0) is 10.0 Å². The SMILES string of the molecule is Cc1cc(C)c(S(=O)(=O)N2CC(C)CC(C)C2)c(C)c1. The summed E-state index contributed by atoms with van der Waals surface area (Å²) in [5.74, 6) is 0.860. The zero-order chi connectivity index (χ0) is 15.1. The molecule has 2 unspecified atom stereocenters. The van der Waals surface area contributed by atoms with Gasteiger partial charge in [-0.05, 0) is 50.2 Å². The summed E-state index contributed by atoms with van der Waals surface area (Å²) < 4.78 is 27.6. The number of benzene rings is 1.